The molecular weight excluding hydrogens is 374 g/mol. The Morgan fingerprint density at radius 1 is 1.11 bits per heavy atom. The van der Waals surface area contributed by atoms with Gasteiger partial charge in [-0.2, -0.15) is 0 Å². The summed E-state index contributed by atoms with van der Waals surface area (Å²) >= 11 is 1.48. The summed E-state index contributed by atoms with van der Waals surface area (Å²) < 4.78 is 10.9. The number of hydrogen-bond acceptors (Lipinski definition) is 5. The fourth-order valence-corrected chi connectivity index (χ4v) is 4.77. The number of thiophene rings is 1. The molecular formula is C22H27NO4S. The number of amides is 1. The highest BCUT2D eigenvalue weighted by atomic mass is 32.1. The van der Waals surface area contributed by atoms with E-state index in [-0.39, 0.29) is 5.91 Å². The minimum absolute atomic E-state index is 0.276. The monoisotopic (exact) mass is 401 g/mol. The molecule has 0 aliphatic heterocycles. The molecule has 0 fully saturated rings. The van der Waals surface area contributed by atoms with Crippen molar-refractivity contribution in [3.05, 3.63) is 45.8 Å². The minimum atomic E-state index is -0.690. The van der Waals surface area contributed by atoms with E-state index in [0.717, 1.165) is 36.8 Å². The van der Waals surface area contributed by atoms with Crippen LogP contribution in [0, 0.1) is 0 Å². The third kappa shape index (κ3) is 4.22. The van der Waals surface area contributed by atoms with Crippen molar-refractivity contribution >= 4 is 28.2 Å². The predicted octanol–water partition coefficient (Wildman–Crippen LogP) is 4.94. The van der Waals surface area contributed by atoms with Crippen LogP contribution >= 0.6 is 11.3 Å². The molecule has 1 unspecified atom stereocenters. The van der Waals surface area contributed by atoms with Gasteiger partial charge in [0.25, 0.3) is 5.91 Å². The lowest BCUT2D eigenvalue weighted by Crippen LogP contribution is -2.30. The molecule has 5 nitrogen and oxygen atoms in total. The Balaban J connectivity index is 1.80. The van der Waals surface area contributed by atoms with Crippen molar-refractivity contribution in [3.63, 3.8) is 0 Å². The van der Waals surface area contributed by atoms with Crippen LogP contribution in [-0.4, -0.2) is 25.1 Å². The molecule has 3 rings (SSSR count). The van der Waals surface area contributed by atoms with Crippen molar-refractivity contribution in [3.8, 4) is 5.75 Å². The quantitative estimate of drug-likeness (QED) is 0.696. The number of rotatable bonds is 6. The number of para-hydroxylation sites is 1. The van der Waals surface area contributed by atoms with E-state index in [4.69, 9.17) is 9.47 Å². The lowest BCUT2D eigenvalue weighted by atomic mass is 9.95. The maximum absolute atomic E-state index is 12.8. The van der Waals surface area contributed by atoms with Crippen LogP contribution in [-0.2, 0) is 22.4 Å². The van der Waals surface area contributed by atoms with Gasteiger partial charge in [0, 0.05) is 4.88 Å². The number of carbonyl (C=O) groups is 2. The molecule has 1 aliphatic carbocycles. The fourth-order valence-electron chi connectivity index (χ4n) is 3.49. The molecule has 0 bridgehead atoms. The smallest absolute Gasteiger partial charge is 0.341 e. The van der Waals surface area contributed by atoms with Gasteiger partial charge in [0.2, 0.25) is 0 Å². The zero-order valence-electron chi connectivity index (χ0n) is 16.8. The Morgan fingerprint density at radius 2 is 1.82 bits per heavy atom. The molecule has 0 saturated carbocycles. The van der Waals surface area contributed by atoms with Gasteiger partial charge in [0.1, 0.15) is 10.8 Å². The predicted molar refractivity (Wildman–Crippen MR) is 112 cm³/mol. The molecule has 150 valence electrons. The van der Waals surface area contributed by atoms with E-state index < -0.39 is 12.1 Å². The fraction of sp³-hybridized carbons (Fsp3) is 0.455. The van der Waals surface area contributed by atoms with Crippen LogP contribution in [0.1, 0.15) is 65.9 Å². The Labute approximate surface area is 170 Å². The molecule has 2 aromatic rings. The van der Waals surface area contributed by atoms with Crippen molar-refractivity contribution in [1.82, 2.24) is 0 Å². The first-order valence-electron chi connectivity index (χ1n) is 9.71. The third-order valence-corrected chi connectivity index (χ3v) is 6.22. The summed E-state index contributed by atoms with van der Waals surface area (Å²) in [5.41, 5.74) is 2.59. The summed E-state index contributed by atoms with van der Waals surface area (Å²) in [5, 5.41) is 3.47. The van der Waals surface area contributed by atoms with Gasteiger partial charge >= 0.3 is 5.97 Å². The summed E-state index contributed by atoms with van der Waals surface area (Å²) in [6.45, 7) is 5.90. The van der Waals surface area contributed by atoms with E-state index in [2.05, 4.69) is 19.2 Å². The number of ether oxygens (including phenoxy) is 2. The zero-order valence-corrected chi connectivity index (χ0v) is 17.7. The normalized spacial score (nSPS) is 14.3. The second-order valence-electron chi connectivity index (χ2n) is 7.35. The number of nitrogens with one attached hydrogen (secondary N) is 1. The summed E-state index contributed by atoms with van der Waals surface area (Å²) in [6, 6.07) is 7.75. The van der Waals surface area contributed by atoms with Gasteiger partial charge in [-0.15, -0.1) is 11.3 Å². The van der Waals surface area contributed by atoms with Crippen LogP contribution in [0.25, 0.3) is 0 Å². The van der Waals surface area contributed by atoms with Crippen molar-refractivity contribution < 1.29 is 19.1 Å². The number of carbonyl (C=O) groups excluding carboxylic acids is 2. The molecule has 1 N–H and O–H groups in total. The molecule has 1 heterocycles. The van der Waals surface area contributed by atoms with Crippen molar-refractivity contribution in [2.75, 3.05) is 12.4 Å². The maximum atomic E-state index is 12.8. The Hall–Kier alpha value is -2.34. The van der Waals surface area contributed by atoms with Crippen LogP contribution < -0.4 is 10.1 Å². The van der Waals surface area contributed by atoms with E-state index in [9.17, 15) is 9.59 Å². The first kappa shape index (κ1) is 20.4. The van der Waals surface area contributed by atoms with Gasteiger partial charge in [0.15, 0.2) is 6.10 Å². The number of fused-ring (bicyclic) bond motifs is 1. The van der Waals surface area contributed by atoms with Crippen LogP contribution in [0.3, 0.4) is 0 Å². The van der Waals surface area contributed by atoms with Crippen molar-refractivity contribution in [2.45, 2.75) is 58.5 Å². The molecule has 0 spiro atoms. The average Bonchev–Trinajstić information content (AvgIpc) is 3.05. The van der Waals surface area contributed by atoms with E-state index in [0.29, 0.717) is 22.2 Å². The number of hydrogen-bond donors (Lipinski definition) is 1. The van der Waals surface area contributed by atoms with Crippen LogP contribution in [0.15, 0.2) is 24.3 Å². The van der Waals surface area contributed by atoms with Crippen LogP contribution in [0.4, 0.5) is 5.00 Å². The van der Waals surface area contributed by atoms with Gasteiger partial charge in [-0.25, -0.2) is 4.79 Å². The molecule has 1 aromatic heterocycles. The van der Waals surface area contributed by atoms with Gasteiger partial charge in [-0.3, -0.25) is 4.79 Å². The largest absolute Gasteiger partial charge is 0.481 e. The molecule has 1 aliphatic rings. The van der Waals surface area contributed by atoms with E-state index in [1.165, 1.54) is 23.3 Å². The van der Waals surface area contributed by atoms with Gasteiger partial charge < -0.3 is 14.8 Å². The van der Waals surface area contributed by atoms with Gasteiger partial charge in [-0.05, 0) is 55.7 Å². The Kier molecular flexibility index (Phi) is 6.39. The number of esters is 1. The second-order valence-corrected chi connectivity index (χ2v) is 8.45. The first-order chi connectivity index (χ1) is 13.4. The summed E-state index contributed by atoms with van der Waals surface area (Å²) in [4.78, 5) is 26.3. The summed E-state index contributed by atoms with van der Waals surface area (Å²) in [7, 11) is 1.37. The highest BCUT2D eigenvalue weighted by molar-refractivity contribution is 7.17. The number of benzene rings is 1. The van der Waals surface area contributed by atoms with Crippen LogP contribution in [0.5, 0.6) is 5.75 Å². The van der Waals surface area contributed by atoms with E-state index in [1.54, 1.807) is 6.92 Å². The molecule has 6 heteroatoms. The van der Waals surface area contributed by atoms with E-state index in [1.807, 2.05) is 24.3 Å². The molecule has 0 radical (unpaired) electrons. The van der Waals surface area contributed by atoms with Crippen molar-refractivity contribution in [2.24, 2.45) is 0 Å². The number of aryl methyl sites for hydroxylation is 1. The maximum Gasteiger partial charge on any atom is 0.341 e. The minimum Gasteiger partial charge on any atom is -0.481 e. The molecule has 0 saturated heterocycles. The molecule has 28 heavy (non-hydrogen) atoms. The topological polar surface area (TPSA) is 64.6 Å². The summed E-state index contributed by atoms with van der Waals surface area (Å²) in [5.74, 6) is 0.330. The van der Waals surface area contributed by atoms with Crippen LogP contribution in [0.2, 0.25) is 0 Å². The summed E-state index contributed by atoms with van der Waals surface area (Å²) in [6.07, 6.45) is 3.25. The average molecular weight is 402 g/mol. The highest BCUT2D eigenvalue weighted by Gasteiger charge is 2.28. The third-order valence-electron chi connectivity index (χ3n) is 5.01. The highest BCUT2D eigenvalue weighted by Crippen LogP contribution is 2.38. The molecule has 1 aromatic carbocycles. The van der Waals surface area contributed by atoms with Gasteiger partial charge in [0.05, 0.1) is 12.7 Å². The Morgan fingerprint density at radius 3 is 2.54 bits per heavy atom. The standard InChI is InChI=1S/C22H27NO4S/c1-13(2)15-9-5-7-11-17(15)27-14(3)20(24)23-21-19(22(25)26-4)16-10-6-8-12-18(16)28-21/h5,7,9,11,13-14H,6,8,10,12H2,1-4H3,(H,23,24). The first-order valence-corrected chi connectivity index (χ1v) is 10.5. The van der Waals surface area contributed by atoms with E-state index >= 15 is 0 Å². The molecule has 1 atom stereocenters. The lowest BCUT2D eigenvalue weighted by molar-refractivity contribution is -0.122. The number of methoxy groups -OCH3 is 1. The SMILES string of the molecule is COC(=O)c1c(NC(=O)C(C)Oc2ccccc2C(C)C)sc2c1CCCC2. The Bertz CT molecular complexity index is 871. The number of anilines is 1. The van der Waals surface area contributed by atoms with Gasteiger partial charge in [-0.1, -0.05) is 32.0 Å². The lowest BCUT2D eigenvalue weighted by Gasteiger charge is -2.18. The molecule has 1 amide bonds. The van der Waals surface area contributed by atoms with Crippen molar-refractivity contribution in [1.29, 1.82) is 0 Å². The zero-order chi connectivity index (χ0) is 20.3. The second kappa shape index (κ2) is 8.78.